The molecule has 1 aliphatic carbocycles. The van der Waals surface area contributed by atoms with E-state index in [4.69, 9.17) is 19.9 Å². The molecule has 36 heavy (non-hydrogen) atoms. The normalized spacial score (nSPS) is 20.2. The Morgan fingerprint density at radius 2 is 2.19 bits per heavy atom. The van der Waals surface area contributed by atoms with Crippen LogP contribution < -0.4 is 30.7 Å². The molecule has 188 valence electrons. The highest BCUT2D eigenvalue weighted by Crippen LogP contribution is 2.32. The van der Waals surface area contributed by atoms with Gasteiger partial charge in [-0.05, 0) is 61.5 Å². The van der Waals surface area contributed by atoms with Gasteiger partial charge in [-0.1, -0.05) is 0 Å². The molecule has 1 saturated heterocycles. The number of hydrogen-bond acceptors (Lipinski definition) is 10. The van der Waals surface area contributed by atoms with E-state index in [9.17, 15) is 14.9 Å². The third-order valence-electron chi connectivity index (χ3n) is 6.36. The van der Waals surface area contributed by atoms with Crippen LogP contribution in [0.2, 0.25) is 0 Å². The van der Waals surface area contributed by atoms with E-state index < -0.39 is 6.09 Å². The summed E-state index contributed by atoms with van der Waals surface area (Å²) in [5, 5.41) is 15.6. The molecule has 2 unspecified atom stereocenters. The standard InChI is InChI=1S/C24H27N7O5/c25-4-6-34-22-9-15-7-14(8-17(15)18(10-26)28-22)11-27-5-3-16-12-31(24(33)36-16)20-2-1-19-23(29-20)30-21(32)13-35-19/h1-2,9,14,16,27H,3-8,11-13,25H2,(H,29,30,32). The first kappa shape index (κ1) is 23.8. The summed E-state index contributed by atoms with van der Waals surface area (Å²) in [5.74, 6) is 1.68. The molecule has 1 fully saturated rings. The van der Waals surface area contributed by atoms with Crippen molar-refractivity contribution in [2.24, 2.45) is 11.7 Å². The molecule has 5 rings (SSSR count). The average molecular weight is 494 g/mol. The first-order valence-corrected chi connectivity index (χ1v) is 11.9. The van der Waals surface area contributed by atoms with Crippen molar-refractivity contribution in [1.82, 2.24) is 15.3 Å². The number of hydrogen-bond donors (Lipinski definition) is 3. The number of aromatic nitrogens is 2. The lowest BCUT2D eigenvalue weighted by Gasteiger charge is -2.19. The Morgan fingerprint density at radius 1 is 1.31 bits per heavy atom. The van der Waals surface area contributed by atoms with E-state index in [0.29, 0.717) is 67.5 Å². The minimum atomic E-state index is -0.467. The van der Waals surface area contributed by atoms with Crippen LogP contribution >= 0.6 is 0 Å². The molecule has 2 aromatic rings. The molecule has 2 atom stereocenters. The highest BCUT2D eigenvalue weighted by Gasteiger charge is 2.34. The fraction of sp³-hybridized carbons (Fsp3) is 0.458. The number of rotatable bonds is 9. The zero-order valence-electron chi connectivity index (χ0n) is 19.7. The maximum atomic E-state index is 12.4. The van der Waals surface area contributed by atoms with Gasteiger partial charge >= 0.3 is 6.09 Å². The van der Waals surface area contributed by atoms with Crippen LogP contribution in [-0.2, 0) is 22.4 Å². The van der Waals surface area contributed by atoms with E-state index in [1.165, 1.54) is 4.90 Å². The van der Waals surface area contributed by atoms with Gasteiger partial charge in [0.1, 0.15) is 30.3 Å². The predicted molar refractivity (Wildman–Crippen MR) is 128 cm³/mol. The molecule has 12 nitrogen and oxygen atoms in total. The number of ether oxygens (including phenoxy) is 3. The molecule has 2 aromatic heterocycles. The van der Waals surface area contributed by atoms with Gasteiger partial charge in [0.25, 0.3) is 5.91 Å². The predicted octanol–water partition coefficient (Wildman–Crippen LogP) is 0.737. The lowest BCUT2D eigenvalue weighted by atomic mass is 10.1. The van der Waals surface area contributed by atoms with Crippen LogP contribution in [0.4, 0.5) is 16.4 Å². The zero-order chi connectivity index (χ0) is 25.1. The number of amides is 2. The molecule has 2 aliphatic heterocycles. The summed E-state index contributed by atoms with van der Waals surface area (Å²) in [5.41, 5.74) is 8.00. The van der Waals surface area contributed by atoms with E-state index in [2.05, 4.69) is 26.7 Å². The molecule has 0 saturated carbocycles. The zero-order valence-corrected chi connectivity index (χ0v) is 19.7. The Hall–Kier alpha value is -3.95. The summed E-state index contributed by atoms with van der Waals surface area (Å²) in [7, 11) is 0. The maximum absolute atomic E-state index is 12.4. The van der Waals surface area contributed by atoms with Gasteiger partial charge in [-0.15, -0.1) is 0 Å². The van der Waals surface area contributed by atoms with Crippen LogP contribution in [0.25, 0.3) is 0 Å². The van der Waals surface area contributed by atoms with Crippen LogP contribution in [0.15, 0.2) is 18.2 Å². The Kier molecular flexibility index (Phi) is 6.84. The van der Waals surface area contributed by atoms with Gasteiger partial charge in [0.2, 0.25) is 5.88 Å². The summed E-state index contributed by atoms with van der Waals surface area (Å²) >= 11 is 0. The number of nitrogens with zero attached hydrogens (tertiary/aromatic N) is 4. The van der Waals surface area contributed by atoms with Crippen molar-refractivity contribution in [2.45, 2.75) is 25.4 Å². The summed E-state index contributed by atoms with van der Waals surface area (Å²) in [6.45, 7) is 2.52. The van der Waals surface area contributed by atoms with Crippen molar-refractivity contribution in [3.8, 4) is 17.7 Å². The molecule has 12 heteroatoms. The Balaban J connectivity index is 1.10. The summed E-state index contributed by atoms with van der Waals surface area (Å²) in [6.07, 6.45) is 1.53. The number of nitrogens with one attached hydrogen (secondary N) is 2. The van der Waals surface area contributed by atoms with Gasteiger partial charge < -0.3 is 30.6 Å². The Morgan fingerprint density at radius 3 is 3.03 bits per heavy atom. The van der Waals surface area contributed by atoms with E-state index >= 15 is 0 Å². The molecule has 2 amide bonds. The van der Waals surface area contributed by atoms with Crippen molar-refractivity contribution in [3.05, 3.63) is 35.0 Å². The van der Waals surface area contributed by atoms with Crippen LogP contribution in [0, 0.1) is 17.2 Å². The second-order valence-electron chi connectivity index (χ2n) is 8.93. The number of cyclic esters (lactones) is 1. The number of fused-ring (bicyclic) bond motifs is 2. The maximum Gasteiger partial charge on any atom is 0.415 e. The minimum absolute atomic E-state index is 0.0532. The van der Waals surface area contributed by atoms with Gasteiger partial charge in [-0.25, -0.2) is 14.8 Å². The van der Waals surface area contributed by atoms with E-state index in [1.54, 1.807) is 12.1 Å². The van der Waals surface area contributed by atoms with Crippen LogP contribution in [0.5, 0.6) is 11.6 Å². The van der Waals surface area contributed by atoms with Gasteiger partial charge in [0.15, 0.2) is 18.2 Å². The largest absolute Gasteiger partial charge is 0.480 e. The smallest absolute Gasteiger partial charge is 0.415 e. The fourth-order valence-electron chi connectivity index (χ4n) is 4.69. The first-order valence-electron chi connectivity index (χ1n) is 11.9. The van der Waals surface area contributed by atoms with Crippen LogP contribution in [-0.4, -0.2) is 67.5 Å². The van der Waals surface area contributed by atoms with Crippen molar-refractivity contribution >= 4 is 23.6 Å². The molecule has 4 heterocycles. The van der Waals surface area contributed by atoms with Crippen LogP contribution in [0.1, 0.15) is 23.2 Å². The topological polar surface area (TPSA) is 165 Å². The monoisotopic (exact) mass is 493 g/mol. The third-order valence-corrected chi connectivity index (χ3v) is 6.36. The number of pyridine rings is 2. The Bertz CT molecular complexity index is 1210. The molecule has 0 radical (unpaired) electrons. The number of anilines is 2. The molecule has 4 N–H and O–H groups in total. The second-order valence-corrected chi connectivity index (χ2v) is 8.93. The number of carbonyl (C=O) groups is 2. The highest BCUT2D eigenvalue weighted by molar-refractivity contribution is 5.95. The van der Waals surface area contributed by atoms with Crippen LogP contribution in [0.3, 0.4) is 0 Å². The van der Waals surface area contributed by atoms with Crippen molar-refractivity contribution in [1.29, 1.82) is 5.26 Å². The van der Waals surface area contributed by atoms with Gasteiger partial charge in [0, 0.05) is 12.6 Å². The summed E-state index contributed by atoms with van der Waals surface area (Å²) in [4.78, 5) is 34.1. The Labute approximate surface area is 207 Å². The summed E-state index contributed by atoms with van der Waals surface area (Å²) < 4.78 is 16.3. The highest BCUT2D eigenvalue weighted by atomic mass is 16.6. The van der Waals surface area contributed by atoms with E-state index in [-0.39, 0.29) is 18.6 Å². The number of nitrogens with two attached hydrogens (primary N) is 1. The molecule has 0 bridgehead atoms. The number of carbonyl (C=O) groups excluding carboxylic acids is 2. The van der Waals surface area contributed by atoms with E-state index in [0.717, 1.165) is 30.5 Å². The molecule has 0 spiro atoms. The van der Waals surface area contributed by atoms with E-state index in [1.807, 2.05) is 6.07 Å². The van der Waals surface area contributed by atoms with Crippen molar-refractivity contribution in [3.63, 3.8) is 0 Å². The van der Waals surface area contributed by atoms with Gasteiger partial charge in [0.05, 0.1) is 6.54 Å². The molecular formula is C24H27N7O5. The van der Waals surface area contributed by atoms with Crippen molar-refractivity contribution in [2.75, 3.05) is 49.6 Å². The first-order chi connectivity index (χ1) is 17.5. The average Bonchev–Trinajstić information content (AvgIpc) is 3.47. The van der Waals surface area contributed by atoms with Crippen molar-refractivity contribution < 1.29 is 23.8 Å². The van der Waals surface area contributed by atoms with Gasteiger partial charge in [-0.2, -0.15) is 5.26 Å². The summed E-state index contributed by atoms with van der Waals surface area (Å²) in [6, 6.07) is 7.44. The molecule has 3 aliphatic rings. The van der Waals surface area contributed by atoms with Gasteiger partial charge in [-0.3, -0.25) is 9.69 Å². The fourth-order valence-corrected chi connectivity index (χ4v) is 4.69. The third kappa shape index (κ3) is 5.02. The number of nitriles is 1. The SMILES string of the molecule is N#Cc1nc(OCCN)cc2c1CC(CNCCC1CN(c3ccc4c(n3)NC(=O)CO4)C(=O)O1)C2. The second kappa shape index (κ2) is 10.3. The minimum Gasteiger partial charge on any atom is -0.480 e. The lowest BCUT2D eigenvalue weighted by Crippen LogP contribution is -2.30. The lowest BCUT2D eigenvalue weighted by molar-refractivity contribution is -0.118. The molecular weight excluding hydrogens is 466 g/mol. The quantitative estimate of drug-likeness (QED) is 0.424. The molecule has 0 aromatic carbocycles.